The fraction of sp³-hybridized carbons (Fsp3) is 0.629. The number of rotatable bonds is 7. The van der Waals surface area contributed by atoms with Crippen LogP contribution in [0.15, 0.2) is 36.4 Å². The van der Waals surface area contributed by atoms with Crippen molar-refractivity contribution in [2.75, 3.05) is 7.11 Å². The van der Waals surface area contributed by atoms with Crippen LogP contribution in [0.4, 0.5) is 26.3 Å². The van der Waals surface area contributed by atoms with Gasteiger partial charge in [-0.1, -0.05) is 31.5 Å². The number of nitrogens with zero attached hydrogens (tertiary/aromatic N) is 1. The molecule has 1 unspecified atom stereocenters. The lowest BCUT2D eigenvalue weighted by Crippen LogP contribution is -2.55. The molecule has 246 valence electrons. The van der Waals surface area contributed by atoms with Gasteiger partial charge in [-0.3, -0.25) is 9.69 Å². The first-order valence-electron chi connectivity index (χ1n) is 16.1. The number of benzene rings is 2. The summed E-state index contributed by atoms with van der Waals surface area (Å²) in [5.74, 6) is 0.318. The van der Waals surface area contributed by atoms with Gasteiger partial charge in [-0.15, -0.1) is 0 Å². The molecule has 4 aliphatic rings. The number of methoxy groups -OCH3 is 1. The normalized spacial score (nSPS) is 27.8. The molecule has 1 aliphatic carbocycles. The monoisotopic (exact) mass is 637 g/mol. The Bertz CT molecular complexity index is 1390. The summed E-state index contributed by atoms with van der Waals surface area (Å²) in [5.41, 5.74) is 1.12. The lowest BCUT2D eigenvalue weighted by atomic mass is 9.73. The molecule has 2 saturated heterocycles. The molecule has 3 aliphatic heterocycles. The molecule has 2 bridgehead atoms. The zero-order valence-electron chi connectivity index (χ0n) is 25.9. The molecule has 4 nitrogen and oxygen atoms in total. The van der Waals surface area contributed by atoms with E-state index in [1.165, 1.54) is 12.7 Å². The van der Waals surface area contributed by atoms with Crippen LogP contribution in [0, 0.1) is 17.8 Å². The lowest BCUT2D eigenvalue weighted by Gasteiger charge is -2.53. The molecule has 6 rings (SSSR count). The smallest absolute Gasteiger partial charge is 0.416 e. The Hall–Kier alpha value is -2.59. The summed E-state index contributed by atoms with van der Waals surface area (Å²) in [6, 6.07) is 7.37. The highest BCUT2D eigenvalue weighted by Crippen LogP contribution is 2.49. The average molecular weight is 638 g/mol. The van der Waals surface area contributed by atoms with E-state index in [1.807, 2.05) is 6.92 Å². The van der Waals surface area contributed by atoms with E-state index in [4.69, 9.17) is 9.47 Å². The molecule has 3 heterocycles. The molecule has 2 aromatic carbocycles. The first-order chi connectivity index (χ1) is 21.3. The predicted molar refractivity (Wildman–Crippen MR) is 156 cm³/mol. The number of fused-ring (bicyclic) bond motifs is 3. The topological polar surface area (TPSA) is 38.8 Å². The van der Waals surface area contributed by atoms with Crippen LogP contribution in [0.25, 0.3) is 0 Å². The van der Waals surface area contributed by atoms with Crippen molar-refractivity contribution in [1.29, 1.82) is 0 Å². The van der Waals surface area contributed by atoms with Gasteiger partial charge in [-0.25, -0.2) is 0 Å². The van der Waals surface area contributed by atoms with Crippen molar-refractivity contribution in [3.63, 3.8) is 0 Å². The second-order valence-corrected chi connectivity index (χ2v) is 13.6. The average Bonchev–Trinajstić information content (AvgIpc) is 3.83. The van der Waals surface area contributed by atoms with Crippen molar-refractivity contribution in [3.05, 3.63) is 69.8 Å². The summed E-state index contributed by atoms with van der Waals surface area (Å²) >= 11 is 0. The Morgan fingerprint density at radius 3 is 2.20 bits per heavy atom. The summed E-state index contributed by atoms with van der Waals surface area (Å²) in [5, 5.41) is 0. The van der Waals surface area contributed by atoms with Crippen LogP contribution in [-0.4, -0.2) is 36.2 Å². The van der Waals surface area contributed by atoms with E-state index in [-0.39, 0.29) is 47.5 Å². The van der Waals surface area contributed by atoms with Crippen LogP contribution in [0.3, 0.4) is 0 Å². The van der Waals surface area contributed by atoms with Crippen LogP contribution >= 0.6 is 0 Å². The number of halogens is 6. The fourth-order valence-electron chi connectivity index (χ4n) is 8.62. The van der Waals surface area contributed by atoms with Crippen molar-refractivity contribution in [3.8, 4) is 0 Å². The largest absolute Gasteiger partial charge is 0.469 e. The second-order valence-electron chi connectivity index (χ2n) is 13.6. The Kier molecular flexibility index (Phi) is 8.78. The van der Waals surface area contributed by atoms with E-state index in [0.29, 0.717) is 30.7 Å². The van der Waals surface area contributed by atoms with Gasteiger partial charge in [0.15, 0.2) is 0 Å². The van der Waals surface area contributed by atoms with Crippen LogP contribution in [0.2, 0.25) is 0 Å². The fourth-order valence-corrected chi connectivity index (χ4v) is 8.62. The number of carbonyl (C=O) groups excluding carboxylic acids is 1. The standard InChI is InChI=1S/C35H41F6NO3/c1-19(33(43)44-3)32(21-7-8-21)22-9-10-23-18-45-31(16-24(23)13-22)25-14-27-5-4-6-28(15-25)42(27)20(2)29-17-26(34(36,37)38)11-12-30(29)35(39,40)41/h9-13,17,19-21,25,27-28,31-32H,4-8,14-16,18H2,1-3H3/t19-,20-,25?,27-,28+,31-,32+/m1/s1. The van der Waals surface area contributed by atoms with Crippen molar-refractivity contribution < 1.29 is 40.6 Å². The zero-order chi connectivity index (χ0) is 32.3. The third-order valence-corrected chi connectivity index (χ3v) is 10.9. The number of esters is 1. The Labute approximate surface area is 260 Å². The van der Waals surface area contributed by atoms with E-state index in [0.717, 1.165) is 62.5 Å². The van der Waals surface area contributed by atoms with Gasteiger partial charge >= 0.3 is 18.3 Å². The van der Waals surface area contributed by atoms with Crippen molar-refractivity contribution in [2.45, 2.75) is 114 Å². The van der Waals surface area contributed by atoms with Crippen molar-refractivity contribution in [2.24, 2.45) is 17.8 Å². The maximum atomic E-state index is 14.0. The van der Waals surface area contributed by atoms with Gasteiger partial charge in [0.25, 0.3) is 0 Å². The van der Waals surface area contributed by atoms with Crippen LogP contribution in [0.5, 0.6) is 0 Å². The van der Waals surface area contributed by atoms with E-state index in [2.05, 4.69) is 23.1 Å². The highest BCUT2D eigenvalue weighted by atomic mass is 19.4. The molecule has 45 heavy (non-hydrogen) atoms. The maximum absolute atomic E-state index is 14.0. The quantitative estimate of drug-likeness (QED) is 0.225. The molecule has 1 saturated carbocycles. The summed E-state index contributed by atoms with van der Waals surface area (Å²) in [6.07, 6.45) is -2.64. The van der Waals surface area contributed by atoms with Gasteiger partial charge in [-0.2, -0.15) is 26.3 Å². The van der Waals surface area contributed by atoms with Gasteiger partial charge in [0.1, 0.15) is 0 Å². The molecule has 0 aromatic heterocycles. The summed E-state index contributed by atoms with van der Waals surface area (Å²) < 4.78 is 94.2. The molecule has 10 heteroatoms. The summed E-state index contributed by atoms with van der Waals surface area (Å²) in [7, 11) is 1.42. The molecule has 7 atom stereocenters. The Morgan fingerprint density at radius 1 is 0.911 bits per heavy atom. The lowest BCUT2D eigenvalue weighted by molar-refractivity contribution is -0.146. The molecule has 0 amide bonds. The number of piperidine rings is 2. The second kappa shape index (κ2) is 12.2. The van der Waals surface area contributed by atoms with Crippen molar-refractivity contribution >= 4 is 5.97 Å². The third-order valence-electron chi connectivity index (χ3n) is 10.9. The van der Waals surface area contributed by atoms with E-state index in [9.17, 15) is 31.1 Å². The van der Waals surface area contributed by atoms with Gasteiger partial charge in [0.05, 0.1) is 36.9 Å². The van der Waals surface area contributed by atoms with E-state index in [1.54, 1.807) is 6.92 Å². The highest BCUT2D eigenvalue weighted by Gasteiger charge is 2.46. The number of alkyl halides is 6. The Morgan fingerprint density at radius 2 is 1.60 bits per heavy atom. The van der Waals surface area contributed by atoms with Crippen LogP contribution in [-0.2, 0) is 39.6 Å². The maximum Gasteiger partial charge on any atom is 0.416 e. The van der Waals surface area contributed by atoms with E-state index >= 15 is 0 Å². The van der Waals surface area contributed by atoms with Crippen LogP contribution in [0.1, 0.15) is 104 Å². The Balaban J connectivity index is 1.22. The summed E-state index contributed by atoms with van der Waals surface area (Å²) in [6.45, 7) is 4.04. The van der Waals surface area contributed by atoms with E-state index < -0.39 is 29.5 Å². The molecule has 2 aromatic rings. The molecular formula is C35H41F6NO3. The van der Waals surface area contributed by atoms with Gasteiger partial charge in [0, 0.05) is 18.1 Å². The van der Waals surface area contributed by atoms with Gasteiger partial charge in [0.2, 0.25) is 0 Å². The van der Waals surface area contributed by atoms with Crippen LogP contribution < -0.4 is 0 Å². The number of ether oxygens (including phenoxy) is 2. The third kappa shape index (κ3) is 6.51. The molecule has 0 spiro atoms. The molecule has 0 radical (unpaired) electrons. The number of carbonyl (C=O) groups is 1. The minimum atomic E-state index is -4.75. The molecule has 3 fully saturated rings. The zero-order valence-corrected chi connectivity index (χ0v) is 25.9. The minimum absolute atomic E-state index is 0.0374. The highest BCUT2D eigenvalue weighted by molar-refractivity contribution is 5.73. The minimum Gasteiger partial charge on any atom is -0.469 e. The summed E-state index contributed by atoms with van der Waals surface area (Å²) in [4.78, 5) is 14.5. The van der Waals surface area contributed by atoms with Gasteiger partial charge in [-0.05, 0) is 110 Å². The predicted octanol–water partition coefficient (Wildman–Crippen LogP) is 8.86. The number of hydrogen-bond acceptors (Lipinski definition) is 4. The number of hydrogen-bond donors (Lipinski definition) is 0. The first-order valence-corrected chi connectivity index (χ1v) is 16.1. The van der Waals surface area contributed by atoms with Gasteiger partial charge < -0.3 is 9.47 Å². The van der Waals surface area contributed by atoms with Crippen molar-refractivity contribution in [1.82, 2.24) is 4.90 Å². The molecule has 0 N–H and O–H groups in total. The SMILES string of the molecule is COC(=O)[C@H](C)[C@H](c1ccc2c(c1)C[C@H](C1C[C@H]3CCC[C@@H](C1)N3[C@H](C)c1cc(C(F)(F)F)ccc1C(F)(F)F)OC2)C1CC1. The first kappa shape index (κ1) is 32.4. The molecular weight excluding hydrogens is 596 g/mol.